The van der Waals surface area contributed by atoms with Gasteiger partial charge in [-0.25, -0.2) is 0 Å². The van der Waals surface area contributed by atoms with Gasteiger partial charge < -0.3 is 14.2 Å². The van der Waals surface area contributed by atoms with Gasteiger partial charge in [0.15, 0.2) is 6.10 Å². The SMILES string of the molecule is CC/C=C\C/C=C\C/C=C\C/C=C\CCCCCCCCCCCCCCCCCCCCCCC(=O)OCC(COC(=O)CCCCCCC/C=C\CCCCCCCC)OC(=O)CCCCCCCCC/C=C\CCCCCCCC. The van der Waals surface area contributed by atoms with Gasteiger partial charge in [0.1, 0.15) is 13.2 Å². The number of carbonyl (C=O) groups is 3. The molecule has 0 amide bonds. The number of ether oxygens (including phenoxy) is 3. The van der Waals surface area contributed by atoms with E-state index in [-0.39, 0.29) is 31.1 Å². The molecule has 482 valence electrons. The molecule has 0 aliphatic heterocycles. The quantitative estimate of drug-likeness (QED) is 0.0261. The number of carbonyl (C=O) groups excluding carboxylic acids is 3. The van der Waals surface area contributed by atoms with Crippen LogP contribution in [0.25, 0.3) is 0 Å². The molecule has 0 saturated carbocycles. The van der Waals surface area contributed by atoms with Crippen LogP contribution in [0.1, 0.15) is 380 Å². The second-order valence-corrected chi connectivity index (χ2v) is 24.5. The molecule has 1 atom stereocenters. The lowest BCUT2D eigenvalue weighted by molar-refractivity contribution is -0.167. The van der Waals surface area contributed by atoms with Gasteiger partial charge in [0.2, 0.25) is 0 Å². The normalized spacial score (nSPS) is 12.5. The van der Waals surface area contributed by atoms with E-state index in [0.717, 1.165) is 89.9 Å². The molecular weight excluding hydrogens is 1020 g/mol. The van der Waals surface area contributed by atoms with E-state index >= 15 is 0 Å². The first-order valence-electron chi connectivity index (χ1n) is 36.4. The van der Waals surface area contributed by atoms with Crippen LogP contribution in [0.15, 0.2) is 72.9 Å². The minimum Gasteiger partial charge on any atom is -0.462 e. The molecule has 0 saturated heterocycles. The third-order valence-electron chi connectivity index (χ3n) is 16.2. The van der Waals surface area contributed by atoms with Gasteiger partial charge in [-0.15, -0.1) is 0 Å². The summed E-state index contributed by atoms with van der Waals surface area (Å²) >= 11 is 0. The highest BCUT2D eigenvalue weighted by atomic mass is 16.6. The number of hydrogen-bond acceptors (Lipinski definition) is 6. The molecule has 0 aliphatic rings. The molecule has 83 heavy (non-hydrogen) atoms. The lowest BCUT2D eigenvalue weighted by Gasteiger charge is -2.18. The van der Waals surface area contributed by atoms with Gasteiger partial charge in [0.25, 0.3) is 0 Å². The first-order valence-corrected chi connectivity index (χ1v) is 36.4. The second kappa shape index (κ2) is 71.3. The Morgan fingerprint density at radius 2 is 0.470 bits per heavy atom. The fourth-order valence-electron chi connectivity index (χ4n) is 10.7. The molecular formula is C77H138O6. The van der Waals surface area contributed by atoms with Crippen LogP contribution < -0.4 is 0 Å². The maximum Gasteiger partial charge on any atom is 0.306 e. The third-order valence-corrected chi connectivity index (χ3v) is 16.2. The summed E-state index contributed by atoms with van der Waals surface area (Å²) in [5.74, 6) is -0.864. The Kier molecular flexibility index (Phi) is 68.6. The van der Waals surface area contributed by atoms with Crippen molar-refractivity contribution in [3.05, 3.63) is 72.9 Å². The summed E-state index contributed by atoms with van der Waals surface area (Å²) in [6.07, 6.45) is 93.7. The third kappa shape index (κ3) is 69.5. The van der Waals surface area contributed by atoms with Gasteiger partial charge in [-0.3, -0.25) is 14.4 Å². The molecule has 0 aliphatic carbocycles. The molecule has 0 aromatic heterocycles. The predicted octanol–water partition coefficient (Wildman–Crippen LogP) is 25.2. The van der Waals surface area contributed by atoms with Crippen molar-refractivity contribution in [3.63, 3.8) is 0 Å². The number of hydrogen-bond donors (Lipinski definition) is 0. The Bertz CT molecular complexity index is 1520. The van der Waals surface area contributed by atoms with Crippen LogP contribution in [0.5, 0.6) is 0 Å². The Balaban J connectivity index is 4.17. The Morgan fingerprint density at radius 1 is 0.253 bits per heavy atom. The number of unbranched alkanes of at least 4 members (excludes halogenated alkanes) is 44. The summed E-state index contributed by atoms with van der Waals surface area (Å²) in [4.78, 5) is 38.4. The second-order valence-electron chi connectivity index (χ2n) is 24.5. The molecule has 0 rings (SSSR count). The predicted molar refractivity (Wildman–Crippen MR) is 362 cm³/mol. The van der Waals surface area contributed by atoms with Gasteiger partial charge >= 0.3 is 17.9 Å². The zero-order chi connectivity index (χ0) is 59.9. The Hall–Kier alpha value is -3.15. The van der Waals surface area contributed by atoms with Crippen molar-refractivity contribution in [3.8, 4) is 0 Å². The lowest BCUT2D eigenvalue weighted by atomic mass is 10.0. The van der Waals surface area contributed by atoms with Crippen molar-refractivity contribution in [1.82, 2.24) is 0 Å². The van der Waals surface area contributed by atoms with Crippen LogP contribution in [0.2, 0.25) is 0 Å². The zero-order valence-corrected chi connectivity index (χ0v) is 55.5. The van der Waals surface area contributed by atoms with Crippen molar-refractivity contribution in [1.29, 1.82) is 0 Å². The highest BCUT2D eigenvalue weighted by Gasteiger charge is 2.19. The van der Waals surface area contributed by atoms with Crippen molar-refractivity contribution >= 4 is 17.9 Å². The van der Waals surface area contributed by atoms with Crippen LogP contribution in [-0.2, 0) is 28.6 Å². The van der Waals surface area contributed by atoms with Crippen LogP contribution >= 0.6 is 0 Å². The molecule has 1 unspecified atom stereocenters. The molecule has 0 fully saturated rings. The van der Waals surface area contributed by atoms with Crippen molar-refractivity contribution in [2.24, 2.45) is 0 Å². The monoisotopic (exact) mass is 1160 g/mol. The van der Waals surface area contributed by atoms with E-state index in [2.05, 4.69) is 93.7 Å². The zero-order valence-electron chi connectivity index (χ0n) is 55.5. The number of allylic oxidation sites excluding steroid dienone is 12. The largest absolute Gasteiger partial charge is 0.462 e. The summed E-state index contributed by atoms with van der Waals surface area (Å²) in [5.41, 5.74) is 0. The maximum atomic E-state index is 12.9. The molecule has 0 bridgehead atoms. The highest BCUT2D eigenvalue weighted by Crippen LogP contribution is 2.18. The fourth-order valence-corrected chi connectivity index (χ4v) is 10.7. The van der Waals surface area contributed by atoms with Crippen LogP contribution in [0.3, 0.4) is 0 Å². The summed E-state index contributed by atoms with van der Waals surface area (Å²) in [7, 11) is 0. The molecule has 0 radical (unpaired) electrons. The smallest absolute Gasteiger partial charge is 0.306 e. The first-order chi connectivity index (χ1) is 41.0. The van der Waals surface area contributed by atoms with E-state index in [1.807, 2.05) is 0 Å². The maximum absolute atomic E-state index is 12.9. The van der Waals surface area contributed by atoms with Crippen molar-refractivity contribution in [2.75, 3.05) is 13.2 Å². The van der Waals surface area contributed by atoms with Gasteiger partial charge in [-0.1, -0.05) is 325 Å². The number of rotatable bonds is 67. The summed E-state index contributed by atoms with van der Waals surface area (Å²) < 4.78 is 17.0. The molecule has 0 spiro atoms. The van der Waals surface area contributed by atoms with E-state index in [0.29, 0.717) is 19.3 Å². The van der Waals surface area contributed by atoms with E-state index < -0.39 is 6.10 Å². The molecule has 0 aromatic rings. The van der Waals surface area contributed by atoms with Crippen molar-refractivity contribution < 1.29 is 28.6 Å². The Morgan fingerprint density at radius 3 is 0.747 bits per heavy atom. The van der Waals surface area contributed by atoms with Crippen LogP contribution in [0, 0.1) is 0 Å². The minimum atomic E-state index is -0.780. The average Bonchev–Trinajstić information content (AvgIpc) is 3.49. The van der Waals surface area contributed by atoms with Crippen LogP contribution in [-0.4, -0.2) is 37.2 Å². The van der Waals surface area contributed by atoms with Gasteiger partial charge in [0.05, 0.1) is 0 Å². The fraction of sp³-hybridized carbons (Fsp3) is 0.805. The number of esters is 3. The Labute approximate surface area is 516 Å². The van der Waals surface area contributed by atoms with Gasteiger partial charge in [0, 0.05) is 19.3 Å². The van der Waals surface area contributed by atoms with Gasteiger partial charge in [-0.05, 0) is 109 Å². The van der Waals surface area contributed by atoms with Crippen molar-refractivity contribution in [2.45, 2.75) is 386 Å². The minimum absolute atomic E-state index is 0.0746. The molecule has 0 aromatic carbocycles. The molecule has 6 heteroatoms. The van der Waals surface area contributed by atoms with Crippen LogP contribution in [0.4, 0.5) is 0 Å². The van der Waals surface area contributed by atoms with E-state index in [1.54, 1.807) is 0 Å². The molecule has 0 N–H and O–H groups in total. The molecule has 6 nitrogen and oxygen atoms in total. The highest BCUT2D eigenvalue weighted by molar-refractivity contribution is 5.71. The average molecular weight is 1160 g/mol. The standard InChI is InChI=1S/C77H138O6/c1-4-7-10-13-16-19-22-25-28-30-31-32-33-34-35-36-37-38-39-40-41-42-43-44-45-47-49-52-55-58-61-64-67-70-76(79)82-73-74(72-81-75(78)69-66-63-60-57-54-51-48-27-24-21-18-15-12-9-6-3)83-77(80)71-68-65-62-59-56-53-50-46-29-26-23-20-17-14-11-8-5-2/h7,10,16,19,25-29,31-32,48,74H,4-6,8-9,11-15,17-18,20-24,30,33-47,49-73H2,1-3H3/b10-7-,19-16-,28-25-,29-26-,32-31-,48-27-. The summed E-state index contributed by atoms with van der Waals surface area (Å²) in [5, 5.41) is 0. The summed E-state index contributed by atoms with van der Waals surface area (Å²) in [6.45, 7) is 6.56. The molecule has 0 heterocycles. The van der Waals surface area contributed by atoms with E-state index in [1.165, 1.54) is 250 Å². The summed E-state index contributed by atoms with van der Waals surface area (Å²) in [6, 6.07) is 0. The first kappa shape index (κ1) is 79.8. The van der Waals surface area contributed by atoms with E-state index in [9.17, 15) is 14.4 Å². The van der Waals surface area contributed by atoms with E-state index in [4.69, 9.17) is 14.2 Å². The topological polar surface area (TPSA) is 78.9 Å². The lowest BCUT2D eigenvalue weighted by Crippen LogP contribution is -2.30. The van der Waals surface area contributed by atoms with Gasteiger partial charge in [-0.2, -0.15) is 0 Å².